The lowest BCUT2D eigenvalue weighted by atomic mass is 9.93. The normalized spacial score (nSPS) is 15.7. The number of hydrogen-bond acceptors (Lipinski definition) is 9. The topological polar surface area (TPSA) is 97.6 Å². The van der Waals surface area contributed by atoms with Crippen LogP contribution in [0.25, 0.3) is 11.8 Å². The smallest absolute Gasteiger partial charge is 0.387 e. The molecule has 4 aromatic rings. The van der Waals surface area contributed by atoms with Crippen molar-refractivity contribution in [2.24, 2.45) is 4.99 Å². The number of carbonyl (C=O) groups excluding carboxylic acids is 1. The van der Waals surface area contributed by atoms with E-state index in [1.165, 1.54) is 29.9 Å². The van der Waals surface area contributed by atoms with Gasteiger partial charge in [0.05, 0.1) is 35.6 Å². The second kappa shape index (κ2) is 11.7. The van der Waals surface area contributed by atoms with Gasteiger partial charge >= 0.3 is 12.6 Å². The summed E-state index contributed by atoms with van der Waals surface area (Å²) in [4.78, 5) is 32.8. The number of benzene rings is 3. The summed E-state index contributed by atoms with van der Waals surface area (Å²) < 4.78 is 53.7. The standard InChI is InChI=1S/C31H24F2N2O7S/c1-3-39-29(37)25-26(18-7-5-4-6-8-18)34-31-35(27(25)19-10-12-20-23(15-19)41-16-40-20)28(36)24(43-31)14-17-9-11-21(42-30(32)33)22(13-17)38-2/h4-15,27,30H,3,16H2,1-2H3/b24-14+/t27-/m1/s1. The van der Waals surface area contributed by atoms with Crippen molar-refractivity contribution in [2.45, 2.75) is 19.6 Å². The zero-order valence-electron chi connectivity index (χ0n) is 22.9. The molecule has 3 heterocycles. The largest absolute Gasteiger partial charge is 0.493 e. The van der Waals surface area contributed by atoms with Gasteiger partial charge in [0.15, 0.2) is 27.8 Å². The van der Waals surface area contributed by atoms with Crippen LogP contribution in [0.1, 0.15) is 29.7 Å². The predicted molar refractivity (Wildman–Crippen MR) is 153 cm³/mol. The lowest BCUT2D eigenvalue weighted by Gasteiger charge is -2.26. The molecule has 0 saturated carbocycles. The zero-order chi connectivity index (χ0) is 30.1. The summed E-state index contributed by atoms with van der Waals surface area (Å²) in [6.07, 6.45) is 1.60. The van der Waals surface area contributed by atoms with Crippen LogP contribution >= 0.6 is 11.3 Å². The van der Waals surface area contributed by atoms with E-state index in [-0.39, 0.29) is 30.5 Å². The summed E-state index contributed by atoms with van der Waals surface area (Å²) in [5.74, 6) is 0.372. The van der Waals surface area contributed by atoms with Gasteiger partial charge in [0.25, 0.3) is 5.56 Å². The molecule has 43 heavy (non-hydrogen) atoms. The van der Waals surface area contributed by atoms with Crippen molar-refractivity contribution in [2.75, 3.05) is 20.5 Å². The third-order valence-corrected chi connectivity index (χ3v) is 7.77. The molecular formula is C31H24F2N2O7S. The van der Waals surface area contributed by atoms with Gasteiger partial charge in [-0.15, -0.1) is 0 Å². The number of nitrogens with zero attached hydrogens (tertiary/aromatic N) is 2. The third-order valence-electron chi connectivity index (χ3n) is 6.79. The first-order chi connectivity index (χ1) is 20.9. The first kappa shape index (κ1) is 28.2. The Morgan fingerprint density at radius 2 is 1.88 bits per heavy atom. The van der Waals surface area contributed by atoms with Gasteiger partial charge in [-0.1, -0.05) is 53.8 Å². The van der Waals surface area contributed by atoms with Crippen LogP contribution in [0, 0.1) is 0 Å². The summed E-state index contributed by atoms with van der Waals surface area (Å²) in [5.41, 5.74) is 1.95. The maximum Gasteiger partial charge on any atom is 0.387 e. The minimum atomic E-state index is -3.02. The van der Waals surface area contributed by atoms with E-state index in [1.807, 2.05) is 30.3 Å². The average Bonchev–Trinajstić information content (AvgIpc) is 3.60. The monoisotopic (exact) mass is 606 g/mol. The molecule has 0 saturated heterocycles. The molecule has 0 aliphatic carbocycles. The number of esters is 1. The number of carbonyl (C=O) groups is 1. The minimum Gasteiger partial charge on any atom is -0.493 e. The van der Waals surface area contributed by atoms with E-state index in [9.17, 15) is 18.4 Å². The number of halogens is 2. The van der Waals surface area contributed by atoms with Crippen LogP contribution < -0.4 is 33.8 Å². The molecule has 0 radical (unpaired) electrons. The quantitative estimate of drug-likeness (QED) is 0.277. The summed E-state index contributed by atoms with van der Waals surface area (Å²) >= 11 is 1.13. The second-order valence-corrected chi connectivity index (χ2v) is 10.3. The molecule has 220 valence electrons. The van der Waals surface area contributed by atoms with Crippen LogP contribution in [0.15, 0.2) is 82.1 Å². The number of ether oxygens (including phenoxy) is 5. The molecule has 3 aromatic carbocycles. The molecule has 6 rings (SSSR count). The van der Waals surface area contributed by atoms with E-state index in [1.54, 1.807) is 31.2 Å². The molecule has 2 aliphatic heterocycles. The molecule has 9 nitrogen and oxygen atoms in total. The van der Waals surface area contributed by atoms with E-state index in [0.29, 0.717) is 43.2 Å². The number of rotatable bonds is 8. The number of aromatic nitrogens is 1. The fourth-order valence-electron chi connectivity index (χ4n) is 4.96. The first-order valence-corrected chi connectivity index (χ1v) is 14.0. The van der Waals surface area contributed by atoms with Gasteiger partial charge in [-0.25, -0.2) is 9.79 Å². The molecule has 1 aromatic heterocycles. The van der Waals surface area contributed by atoms with Crippen LogP contribution in [0.4, 0.5) is 8.78 Å². The van der Waals surface area contributed by atoms with Gasteiger partial charge in [0.2, 0.25) is 6.79 Å². The zero-order valence-corrected chi connectivity index (χ0v) is 23.7. The van der Waals surface area contributed by atoms with E-state index < -0.39 is 24.2 Å². The Hall–Kier alpha value is -4.97. The Morgan fingerprint density at radius 3 is 2.63 bits per heavy atom. The molecule has 2 aliphatic rings. The van der Waals surface area contributed by atoms with Crippen molar-refractivity contribution in [1.82, 2.24) is 4.57 Å². The van der Waals surface area contributed by atoms with Gasteiger partial charge in [-0.3, -0.25) is 9.36 Å². The van der Waals surface area contributed by atoms with Gasteiger partial charge in [-0.2, -0.15) is 8.78 Å². The van der Waals surface area contributed by atoms with Gasteiger partial charge in [0, 0.05) is 5.56 Å². The lowest BCUT2D eigenvalue weighted by molar-refractivity contribution is -0.138. The highest BCUT2D eigenvalue weighted by molar-refractivity contribution is 7.07. The molecule has 1 atom stereocenters. The Bertz CT molecular complexity index is 1920. The fraction of sp³-hybridized carbons (Fsp3) is 0.194. The Kier molecular flexibility index (Phi) is 7.68. The maximum absolute atomic E-state index is 14.1. The second-order valence-electron chi connectivity index (χ2n) is 9.33. The number of fused-ring (bicyclic) bond motifs is 2. The molecular weight excluding hydrogens is 582 g/mol. The number of thiazole rings is 1. The molecule has 0 unspecified atom stereocenters. The third kappa shape index (κ3) is 5.37. The number of alkyl halides is 2. The molecule has 12 heteroatoms. The van der Waals surface area contributed by atoms with Crippen LogP contribution in [0.2, 0.25) is 0 Å². The summed E-state index contributed by atoms with van der Waals surface area (Å²) in [5, 5.41) is 0. The highest BCUT2D eigenvalue weighted by atomic mass is 32.1. The molecule has 0 bridgehead atoms. The Morgan fingerprint density at radius 1 is 1.09 bits per heavy atom. The average molecular weight is 607 g/mol. The van der Waals surface area contributed by atoms with Crippen LogP contribution in [0.3, 0.4) is 0 Å². The van der Waals surface area contributed by atoms with Gasteiger partial charge in [0.1, 0.15) is 0 Å². The molecule has 0 fully saturated rings. The number of hydrogen-bond donors (Lipinski definition) is 0. The molecule has 0 spiro atoms. The van der Waals surface area contributed by atoms with Crippen molar-refractivity contribution in [1.29, 1.82) is 0 Å². The summed E-state index contributed by atoms with van der Waals surface area (Å²) in [6, 6.07) is 17.9. The van der Waals surface area contributed by atoms with Crippen LogP contribution in [-0.2, 0) is 9.53 Å². The van der Waals surface area contributed by atoms with Crippen molar-refractivity contribution < 1.29 is 37.3 Å². The van der Waals surface area contributed by atoms with E-state index in [4.69, 9.17) is 23.9 Å². The molecule has 0 N–H and O–H groups in total. The van der Waals surface area contributed by atoms with Crippen molar-refractivity contribution in [3.63, 3.8) is 0 Å². The first-order valence-electron chi connectivity index (χ1n) is 13.2. The number of methoxy groups -OCH3 is 1. The van der Waals surface area contributed by atoms with E-state index >= 15 is 0 Å². The Balaban J connectivity index is 1.58. The van der Waals surface area contributed by atoms with Crippen LogP contribution in [-0.4, -0.2) is 37.7 Å². The molecule has 0 amide bonds. The van der Waals surface area contributed by atoms with E-state index in [2.05, 4.69) is 4.74 Å². The van der Waals surface area contributed by atoms with Gasteiger partial charge < -0.3 is 23.7 Å². The van der Waals surface area contributed by atoms with E-state index in [0.717, 1.165) is 11.3 Å². The van der Waals surface area contributed by atoms with Crippen molar-refractivity contribution >= 4 is 29.1 Å². The lowest BCUT2D eigenvalue weighted by Crippen LogP contribution is -2.40. The van der Waals surface area contributed by atoms with Crippen molar-refractivity contribution in [3.05, 3.63) is 109 Å². The van der Waals surface area contributed by atoms with Crippen LogP contribution in [0.5, 0.6) is 23.0 Å². The summed E-state index contributed by atoms with van der Waals surface area (Å²) in [7, 11) is 1.33. The fourth-order valence-corrected chi connectivity index (χ4v) is 5.96. The van der Waals surface area contributed by atoms with Gasteiger partial charge in [-0.05, 0) is 48.4 Å². The Labute approximate surface area is 247 Å². The highest BCUT2D eigenvalue weighted by Gasteiger charge is 2.36. The minimum absolute atomic E-state index is 0.0575. The maximum atomic E-state index is 14.1. The SMILES string of the molecule is CCOC(=O)C1=C(c2ccccc2)N=c2s/c(=C/c3ccc(OC(F)F)c(OC)c3)c(=O)n2[C@@H]1c1ccc2c(c1)OCO2. The summed E-state index contributed by atoms with van der Waals surface area (Å²) in [6.45, 7) is -1.14. The highest BCUT2D eigenvalue weighted by Crippen LogP contribution is 2.40. The predicted octanol–water partition coefficient (Wildman–Crippen LogP) is 4.27. The van der Waals surface area contributed by atoms with Crippen molar-refractivity contribution in [3.8, 4) is 23.0 Å².